The molecule has 1 aliphatic heterocycles. The van der Waals surface area contributed by atoms with Crippen LogP contribution in [0.2, 0.25) is 0 Å². The number of pyridine rings is 1. The summed E-state index contributed by atoms with van der Waals surface area (Å²) in [6.07, 6.45) is 1.70. The standard InChI is InChI=1S/C18H17NO5/c1-4-23-13-6-5-11(9-15(13)22-3)8-14-12-7-10(2)19-17(20)16(12)18(21)24-14/h5-9H,4H2,1-3H3,(H,19,20)/b14-8-. The summed E-state index contributed by atoms with van der Waals surface area (Å²) < 4.78 is 16.0. The number of carbonyl (C=O) groups excluding carboxylic acids is 1. The third kappa shape index (κ3) is 2.78. The van der Waals surface area contributed by atoms with E-state index in [4.69, 9.17) is 14.2 Å². The Hall–Kier alpha value is -3.02. The van der Waals surface area contributed by atoms with Crippen LogP contribution in [0, 0.1) is 6.92 Å². The van der Waals surface area contributed by atoms with E-state index >= 15 is 0 Å². The highest BCUT2D eigenvalue weighted by Crippen LogP contribution is 2.33. The first-order chi connectivity index (χ1) is 11.5. The Morgan fingerprint density at radius 3 is 2.71 bits per heavy atom. The largest absolute Gasteiger partial charge is 0.493 e. The monoisotopic (exact) mass is 327 g/mol. The third-order valence-electron chi connectivity index (χ3n) is 3.63. The van der Waals surface area contributed by atoms with E-state index in [9.17, 15) is 9.59 Å². The zero-order valence-corrected chi connectivity index (χ0v) is 13.6. The van der Waals surface area contributed by atoms with Crippen LogP contribution in [-0.2, 0) is 4.74 Å². The lowest BCUT2D eigenvalue weighted by Crippen LogP contribution is -2.16. The van der Waals surface area contributed by atoms with Gasteiger partial charge in [0, 0.05) is 11.3 Å². The summed E-state index contributed by atoms with van der Waals surface area (Å²) in [5, 5.41) is 0. The van der Waals surface area contributed by atoms with Crippen LogP contribution in [-0.4, -0.2) is 24.7 Å². The SMILES string of the molecule is CCOc1ccc(/C=C2\OC(=O)c3c2cc(C)[nH]c3=O)cc1OC. The number of aromatic nitrogens is 1. The molecule has 0 saturated carbocycles. The van der Waals surface area contributed by atoms with E-state index < -0.39 is 11.5 Å². The molecule has 0 amide bonds. The maximum absolute atomic E-state index is 11.9. The highest BCUT2D eigenvalue weighted by atomic mass is 16.5. The van der Waals surface area contributed by atoms with Gasteiger partial charge < -0.3 is 19.2 Å². The number of rotatable bonds is 4. The number of cyclic esters (lactones) is 1. The van der Waals surface area contributed by atoms with Crippen LogP contribution in [0.25, 0.3) is 11.8 Å². The van der Waals surface area contributed by atoms with Crippen molar-refractivity contribution < 1.29 is 19.0 Å². The Kier molecular flexibility index (Phi) is 4.12. The summed E-state index contributed by atoms with van der Waals surface area (Å²) in [6.45, 7) is 4.18. The molecule has 2 aromatic rings. The topological polar surface area (TPSA) is 77.6 Å². The van der Waals surface area contributed by atoms with E-state index in [-0.39, 0.29) is 5.56 Å². The molecular weight excluding hydrogens is 310 g/mol. The molecule has 1 aromatic heterocycles. The lowest BCUT2D eigenvalue weighted by Gasteiger charge is -2.10. The summed E-state index contributed by atoms with van der Waals surface area (Å²) in [6, 6.07) is 7.12. The number of carbonyl (C=O) groups is 1. The number of esters is 1. The van der Waals surface area contributed by atoms with Gasteiger partial charge in [0.1, 0.15) is 11.3 Å². The van der Waals surface area contributed by atoms with Crippen molar-refractivity contribution in [2.24, 2.45) is 0 Å². The van der Waals surface area contributed by atoms with Crippen molar-refractivity contribution in [2.75, 3.05) is 13.7 Å². The number of methoxy groups -OCH3 is 1. The predicted molar refractivity (Wildman–Crippen MR) is 89.2 cm³/mol. The minimum Gasteiger partial charge on any atom is -0.493 e. The van der Waals surface area contributed by atoms with E-state index in [0.29, 0.717) is 35.1 Å². The van der Waals surface area contributed by atoms with Gasteiger partial charge in [-0.1, -0.05) is 6.07 Å². The lowest BCUT2D eigenvalue weighted by atomic mass is 10.1. The van der Waals surface area contributed by atoms with Crippen molar-refractivity contribution in [1.29, 1.82) is 0 Å². The summed E-state index contributed by atoms with van der Waals surface area (Å²) in [5.74, 6) is 0.918. The average Bonchev–Trinajstić information content (AvgIpc) is 2.85. The molecule has 0 radical (unpaired) electrons. The van der Waals surface area contributed by atoms with Gasteiger partial charge in [0.2, 0.25) is 0 Å². The molecule has 2 heterocycles. The predicted octanol–water partition coefficient (Wildman–Crippen LogP) is 2.76. The first-order valence-corrected chi connectivity index (χ1v) is 7.52. The normalized spacial score (nSPS) is 14.5. The molecular formula is C18H17NO5. The summed E-state index contributed by atoms with van der Waals surface area (Å²) >= 11 is 0. The summed E-state index contributed by atoms with van der Waals surface area (Å²) in [5.41, 5.74) is 1.51. The van der Waals surface area contributed by atoms with Crippen LogP contribution in [0.1, 0.15) is 34.1 Å². The van der Waals surface area contributed by atoms with Gasteiger partial charge in [-0.2, -0.15) is 0 Å². The minimum absolute atomic E-state index is 0.0322. The molecule has 0 saturated heterocycles. The minimum atomic E-state index is -0.643. The fourth-order valence-electron chi connectivity index (χ4n) is 2.60. The lowest BCUT2D eigenvalue weighted by molar-refractivity contribution is 0.0715. The number of H-pyrrole nitrogens is 1. The van der Waals surface area contributed by atoms with Crippen LogP contribution in [0.5, 0.6) is 11.5 Å². The molecule has 3 rings (SSSR count). The van der Waals surface area contributed by atoms with Crippen molar-refractivity contribution >= 4 is 17.8 Å². The van der Waals surface area contributed by atoms with Gasteiger partial charge in [-0.3, -0.25) is 4.79 Å². The highest BCUT2D eigenvalue weighted by molar-refractivity contribution is 6.05. The van der Waals surface area contributed by atoms with E-state index in [1.807, 2.05) is 13.0 Å². The van der Waals surface area contributed by atoms with Crippen molar-refractivity contribution in [1.82, 2.24) is 4.98 Å². The van der Waals surface area contributed by atoms with Gasteiger partial charge in [-0.25, -0.2) is 4.79 Å². The first-order valence-electron chi connectivity index (χ1n) is 7.52. The molecule has 0 fully saturated rings. The number of hydrogen-bond acceptors (Lipinski definition) is 5. The fourth-order valence-corrected chi connectivity index (χ4v) is 2.60. The number of ether oxygens (including phenoxy) is 3. The number of hydrogen-bond donors (Lipinski definition) is 1. The van der Waals surface area contributed by atoms with E-state index in [1.165, 1.54) is 0 Å². The Labute approximate surface area is 138 Å². The second-order valence-electron chi connectivity index (χ2n) is 5.31. The van der Waals surface area contributed by atoms with Gasteiger partial charge in [0.05, 0.1) is 13.7 Å². The zero-order valence-electron chi connectivity index (χ0n) is 13.6. The maximum Gasteiger partial charge on any atom is 0.349 e. The van der Waals surface area contributed by atoms with Crippen LogP contribution in [0.3, 0.4) is 0 Å². The van der Waals surface area contributed by atoms with Crippen LogP contribution in [0.4, 0.5) is 0 Å². The first kappa shape index (κ1) is 15.9. The average molecular weight is 327 g/mol. The Morgan fingerprint density at radius 2 is 2.00 bits per heavy atom. The third-order valence-corrected chi connectivity index (χ3v) is 3.63. The molecule has 1 N–H and O–H groups in total. The highest BCUT2D eigenvalue weighted by Gasteiger charge is 2.30. The van der Waals surface area contributed by atoms with E-state index in [1.54, 1.807) is 38.3 Å². The number of aromatic amines is 1. The van der Waals surface area contributed by atoms with Crippen LogP contribution < -0.4 is 15.0 Å². The van der Waals surface area contributed by atoms with E-state index in [0.717, 1.165) is 5.56 Å². The number of benzene rings is 1. The molecule has 1 aromatic carbocycles. The van der Waals surface area contributed by atoms with Crippen molar-refractivity contribution in [3.8, 4) is 11.5 Å². The van der Waals surface area contributed by atoms with Crippen LogP contribution >= 0.6 is 0 Å². The molecule has 0 bridgehead atoms. The number of nitrogens with one attached hydrogen (secondary N) is 1. The molecule has 1 aliphatic rings. The van der Waals surface area contributed by atoms with Gasteiger partial charge in [-0.15, -0.1) is 0 Å². The van der Waals surface area contributed by atoms with Gasteiger partial charge in [0.25, 0.3) is 5.56 Å². The van der Waals surface area contributed by atoms with E-state index in [2.05, 4.69) is 4.98 Å². The molecule has 0 spiro atoms. The molecule has 0 unspecified atom stereocenters. The second-order valence-corrected chi connectivity index (χ2v) is 5.31. The Balaban J connectivity index is 2.06. The fraction of sp³-hybridized carbons (Fsp3) is 0.222. The Morgan fingerprint density at radius 1 is 1.21 bits per heavy atom. The molecule has 24 heavy (non-hydrogen) atoms. The molecule has 0 aliphatic carbocycles. The van der Waals surface area contributed by atoms with Crippen LogP contribution in [0.15, 0.2) is 29.1 Å². The zero-order chi connectivity index (χ0) is 17.3. The quantitative estimate of drug-likeness (QED) is 0.874. The summed E-state index contributed by atoms with van der Waals surface area (Å²) in [7, 11) is 1.56. The van der Waals surface area contributed by atoms with Gasteiger partial charge in [-0.05, 0) is 43.7 Å². The number of aryl methyl sites for hydroxylation is 1. The van der Waals surface area contributed by atoms with Crippen molar-refractivity contribution in [3.63, 3.8) is 0 Å². The molecule has 0 atom stereocenters. The number of fused-ring (bicyclic) bond motifs is 1. The summed E-state index contributed by atoms with van der Waals surface area (Å²) in [4.78, 5) is 26.5. The molecule has 124 valence electrons. The maximum atomic E-state index is 11.9. The van der Waals surface area contributed by atoms with Gasteiger partial charge in [0.15, 0.2) is 11.5 Å². The smallest absolute Gasteiger partial charge is 0.349 e. The molecule has 6 nitrogen and oxygen atoms in total. The van der Waals surface area contributed by atoms with Crippen molar-refractivity contribution in [2.45, 2.75) is 13.8 Å². The Bertz CT molecular complexity index is 895. The molecule has 6 heteroatoms. The second kappa shape index (κ2) is 6.23. The van der Waals surface area contributed by atoms with Gasteiger partial charge >= 0.3 is 5.97 Å². The van der Waals surface area contributed by atoms with Crippen molar-refractivity contribution in [3.05, 3.63) is 57.0 Å².